The van der Waals surface area contributed by atoms with E-state index in [1.807, 2.05) is 23.5 Å². The molecule has 0 bridgehead atoms. The third kappa shape index (κ3) is 5.32. The molecule has 0 aliphatic carbocycles. The van der Waals surface area contributed by atoms with Gasteiger partial charge in [0, 0.05) is 45.6 Å². The molecule has 0 amide bonds. The van der Waals surface area contributed by atoms with Crippen molar-refractivity contribution in [3.63, 3.8) is 0 Å². The van der Waals surface area contributed by atoms with E-state index in [9.17, 15) is 20.2 Å². The molecule has 1 aliphatic rings. The third-order valence-corrected chi connectivity index (χ3v) is 9.78. The first-order valence-corrected chi connectivity index (χ1v) is 11.4. The summed E-state index contributed by atoms with van der Waals surface area (Å²) >= 11 is 7.23. The van der Waals surface area contributed by atoms with Gasteiger partial charge in [0.05, 0.1) is 19.0 Å². The molecule has 1 fully saturated rings. The Bertz CT molecular complexity index is 710. The molecule has 0 radical (unpaired) electrons. The smallest absolute Gasteiger partial charge is 0.258 e. The maximum absolute atomic E-state index is 10.7. The second kappa shape index (κ2) is 9.03. The first kappa shape index (κ1) is 19.4. The van der Waals surface area contributed by atoms with Gasteiger partial charge in [-0.1, -0.05) is 0 Å². The van der Waals surface area contributed by atoms with Crippen LogP contribution in [0.1, 0.15) is 0 Å². The molecule has 26 heavy (non-hydrogen) atoms. The SMILES string of the molecule is O=[N+]([O-])c1ccc(SC2CSC(Sc3ccc([N+](=O)[O-])cc3)CS2)cc1. The molecule has 2 aromatic carbocycles. The molecule has 0 N–H and O–H groups in total. The van der Waals surface area contributed by atoms with Gasteiger partial charge in [-0.25, -0.2) is 0 Å². The van der Waals surface area contributed by atoms with Crippen LogP contribution in [0.25, 0.3) is 0 Å². The molecule has 0 saturated carbocycles. The van der Waals surface area contributed by atoms with E-state index < -0.39 is 0 Å². The van der Waals surface area contributed by atoms with Crippen LogP contribution in [0.5, 0.6) is 0 Å². The van der Waals surface area contributed by atoms with E-state index >= 15 is 0 Å². The zero-order chi connectivity index (χ0) is 18.5. The number of non-ortho nitro benzene ring substituents is 2. The summed E-state index contributed by atoms with van der Waals surface area (Å²) in [6.45, 7) is 0. The van der Waals surface area contributed by atoms with E-state index in [1.54, 1.807) is 47.8 Å². The highest BCUT2D eigenvalue weighted by molar-refractivity contribution is 8.23. The van der Waals surface area contributed by atoms with E-state index in [0.29, 0.717) is 9.16 Å². The predicted molar refractivity (Wildman–Crippen MR) is 110 cm³/mol. The Kier molecular flexibility index (Phi) is 6.74. The monoisotopic (exact) mass is 426 g/mol. The van der Waals surface area contributed by atoms with E-state index in [-0.39, 0.29) is 21.2 Å². The zero-order valence-electron chi connectivity index (χ0n) is 13.3. The van der Waals surface area contributed by atoms with Gasteiger partial charge in [-0.15, -0.1) is 47.0 Å². The van der Waals surface area contributed by atoms with Crippen molar-refractivity contribution < 1.29 is 9.85 Å². The Balaban J connectivity index is 1.47. The van der Waals surface area contributed by atoms with Gasteiger partial charge in [-0.05, 0) is 24.3 Å². The van der Waals surface area contributed by atoms with Crippen LogP contribution in [-0.4, -0.2) is 30.5 Å². The van der Waals surface area contributed by atoms with Crippen LogP contribution in [0.3, 0.4) is 0 Å². The molecule has 2 atom stereocenters. The van der Waals surface area contributed by atoms with Gasteiger partial charge >= 0.3 is 0 Å². The van der Waals surface area contributed by atoms with Gasteiger partial charge in [0.2, 0.25) is 0 Å². The van der Waals surface area contributed by atoms with Gasteiger partial charge < -0.3 is 0 Å². The Morgan fingerprint density at radius 3 is 1.35 bits per heavy atom. The molecule has 1 saturated heterocycles. The normalized spacial score (nSPS) is 19.8. The summed E-state index contributed by atoms with van der Waals surface area (Å²) in [5.74, 6) is 1.97. The van der Waals surface area contributed by atoms with E-state index in [2.05, 4.69) is 0 Å². The van der Waals surface area contributed by atoms with E-state index in [1.165, 1.54) is 24.3 Å². The molecular weight excluding hydrogens is 412 g/mol. The number of benzene rings is 2. The number of thioether (sulfide) groups is 4. The summed E-state index contributed by atoms with van der Waals surface area (Å²) in [5, 5.41) is 21.4. The van der Waals surface area contributed by atoms with Crippen LogP contribution in [0.4, 0.5) is 11.4 Å². The van der Waals surface area contributed by atoms with Crippen LogP contribution in [0.15, 0.2) is 58.3 Å². The molecule has 10 heteroatoms. The fourth-order valence-electron chi connectivity index (χ4n) is 2.20. The van der Waals surface area contributed by atoms with E-state index in [4.69, 9.17) is 0 Å². The number of hydrogen-bond acceptors (Lipinski definition) is 8. The number of nitro benzene ring substituents is 2. The van der Waals surface area contributed by atoms with Crippen LogP contribution in [0.2, 0.25) is 0 Å². The maximum Gasteiger partial charge on any atom is 0.269 e. The van der Waals surface area contributed by atoms with Crippen molar-refractivity contribution in [1.29, 1.82) is 0 Å². The quantitative estimate of drug-likeness (QED) is 0.441. The minimum atomic E-state index is -0.389. The van der Waals surface area contributed by atoms with Crippen molar-refractivity contribution in [1.82, 2.24) is 0 Å². The van der Waals surface area contributed by atoms with Gasteiger partial charge in [0.25, 0.3) is 11.4 Å². The zero-order valence-corrected chi connectivity index (χ0v) is 16.6. The molecule has 6 nitrogen and oxygen atoms in total. The molecular formula is C16H14N2O4S4. The molecule has 0 aromatic heterocycles. The summed E-state index contributed by atoms with van der Waals surface area (Å²) in [4.78, 5) is 22.7. The second-order valence-electron chi connectivity index (χ2n) is 5.26. The number of rotatable bonds is 6. The second-order valence-corrected chi connectivity index (χ2v) is 10.9. The van der Waals surface area contributed by atoms with Crippen molar-refractivity contribution in [3.05, 3.63) is 68.8 Å². The standard InChI is InChI=1S/C16H14N2O4S4/c19-17(20)11-1-5-13(6-2-11)25-15-9-24-16(10-23-15)26-14-7-3-12(4-8-14)18(21)22/h1-8,15-16H,9-10H2. The Hall–Kier alpha value is -1.36. The van der Waals surface area contributed by atoms with Gasteiger partial charge in [-0.2, -0.15) is 0 Å². The van der Waals surface area contributed by atoms with Gasteiger partial charge in [0.1, 0.15) is 0 Å². The molecule has 3 rings (SSSR count). The Morgan fingerprint density at radius 1 is 0.731 bits per heavy atom. The lowest BCUT2D eigenvalue weighted by Gasteiger charge is -2.27. The average molecular weight is 427 g/mol. The largest absolute Gasteiger partial charge is 0.269 e. The summed E-state index contributed by atoms with van der Waals surface area (Å²) in [7, 11) is 0. The highest BCUT2D eigenvalue weighted by Gasteiger charge is 2.24. The number of nitro groups is 2. The van der Waals surface area contributed by atoms with Crippen LogP contribution < -0.4 is 0 Å². The van der Waals surface area contributed by atoms with Crippen molar-refractivity contribution >= 4 is 58.4 Å². The van der Waals surface area contributed by atoms with E-state index in [0.717, 1.165) is 21.3 Å². The Labute approximate surface area is 167 Å². The predicted octanol–water partition coefficient (Wildman–Crippen LogP) is 5.52. The molecule has 136 valence electrons. The lowest BCUT2D eigenvalue weighted by molar-refractivity contribution is -0.385. The van der Waals surface area contributed by atoms with Crippen molar-refractivity contribution in [2.75, 3.05) is 11.5 Å². The summed E-state index contributed by atoms with van der Waals surface area (Å²) in [6, 6.07) is 13.3. The lowest BCUT2D eigenvalue weighted by atomic mass is 10.3. The fraction of sp³-hybridized carbons (Fsp3) is 0.250. The number of nitrogens with zero attached hydrogens (tertiary/aromatic N) is 2. The highest BCUT2D eigenvalue weighted by Crippen LogP contribution is 2.44. The van der Waals surface area contributed by atoms with Crippen LogP contribution in [0, 0.1) is 20.2 Å². The maximum atomic E-state index is 10.7. The van der Waals surface area contributed by atoms with Gasteiger partial charge in [-0.3, -0.25) is 20.2 Å². The fourth-order valence-corrected chi connectivity index (χ4v) is 8.08. The average Bonchev–Trinajstić information content (AvgIpc) is 2.64. The van der Waals surface area contributed by atoms with Crippen molar-refractivity contribution in [2.45, 2.75) is 19.0 Å². The first-order valence-electron chi connectivity index (χ1n) is 7.57. The van der Waals surface area contributed by atoms with Crippen molar-refractivity contribution in [2.24, 2.45) is 0 Å². The Morgan fingerprint density at radius 2 is 1.08 bits per heavy atom. The number of hydrogen-bond donors (Lipinski definition) is 0. The summed E-state index contributed by atoms with van der Waals surface area (Å²) in [6.07, 6.45) is 0. The summed E-state index contributed by atoms with van der Waals surface area (Å²) < 4.78 is 0.824. The lowest BCUT2D eigenvalue weighted by Crippen LogP contribution is -2.16. The highest BCUT2D eigenvalue weighted by atomic mass is 32.2. The molecule has 2 unspecified atom stereocenters. The molecule has 1 heterocycles. The molecule has 1 aliphatic heterocycles. The summed E-state index contributed by atoms with van der Waals surface area (Å²) in [5.41, 5.74) is 0.221. The molecule has 0 spiro atoms. The first-order chi connectivity index (χ1) is 12.5. The third-order valence-electron chi connectivity index (χ3n) is 3.47. The minimum absolute atomic E-state index is 0.111. The van der Waals surface area contributed by atoms with Crippen molar-refractivity contribution in [3.8, 4) is 0 Å². The van der Waals surface area contributed by atoms with Gasteiger partial charge in [0.15, 0.2) is 0 Å². The van der Waals surface area contributed by atoms with Crippen LogP contribution in [-0.2, 0) is 0 Å². The minimum Gasteiger partial charge on any atom is -0.258 e. The van der Waals surface area contributed by atoms with Crippen LogP contribution >= 0.6 is 47.0 Å². The topological polar surface area (TPSA) is 86.3 Å². The molecule has 2 aromatic rings.